The zero-order valence-electron chi connectivity index (χ0n) is 14.1. The fourth-order valence-electron chi connectivity index (χ4n) is 3.24. The fraction of sp³-hybridized carbons (Fsp3) is 0.438. The summed E-state index contributed by atoms with van der Waals surface area (Å²) < 4.78 is 27.0. The van der Waals surface area contributed by atoms with Crippen LogP contribution >= 0.6 is 11.3 Å². The Labute approximate surface area is 150 Å². The summed E-state index contributed by atoms with van der Waals surface area (Å²) in [7, 11) is -3.19. The van der Waals surface area contributed by atoms with Crippen LogP contribution in [0.4, 0.5) is 0 Å². The summed E-state index contributed by atoms with van der Waals surface area (Å²) in [5, 5.41) is 14.1. The van der Waals surface area contributed by atoms with Gasteiger partial charge >= 0.3 is 0 Å². The quantitative estimate of drug-likeness (QED) is 0.700. The van der Waals surface area contributed by atoms with Gasteiger partial charge in [-0.3, -0.25) is 0 Å². The highest BCUT2D eigenvalue weighted by atomic mass is 32.2. The van der Waals surface area contributed by atoms with Crippen LogP contribution in [0, 0.1) is 6.92 Å². The number of aromatic nitrogens is 4. The highest BCUT2D eigenvalue weighted by Gasteiger charge is 2.30. The standard InChI is InChI=1S/C16H19N5O2S2/c1-11-5-3-6-12(9-11)15-19-21-14(17-18-16(21)24-15)13-7-4-8-20(10-13)25(2,22)23/h3,5-6,9,13H,4,7-8,10H2,1-2H3. The van der Waals surface area contributed by atoms with Gasteiger partial charge in [0.2, 0.25) is 15.0 Å². The van der Waals surface area contributed by atoms with Gasteiger partial charge in [-0.1, -0.05) is 35.1 Å². The third kappa shape index (κ3) is 3.19. The maximum absolute atomic E-state index is 11.9. The van der Waals surface area contributed by atoms with Crippen molar-refractivity contribution in [3.63, 3.8) is 0 Å². The third-order valence-corrected chi connectivity index (χ3v) is 6.72. The number of fused-ring (bicyclic) bond motifs is 1. The minimum Gasteiger partial charge on any atom is -0.213 e. The predicted molar refractivity (Wildman–Crippen MR) is 97.2 cm³/mol. The van der Waals surface area contributed by atoms with Crippen molar-refractivity contribution in [2.45, 2.75) is 25.7 Å². The smallest absolute Gasteiger partial charge is 0.213 e. The molecule has 1 unspecified atom stereocenters. The van der Waals surface area contributed by atoms with E-state index in [4.69, 9.17) is 0 Å². The largest absolute Gasteiger partial charge is 0.234 e. The van der Waals surface area contributed by atoms with Crippen molar-refractivity contribution in [1.29, 1.82) is 0 Å². The molecule has 1 saturated heterocycles. The molecule has 1 aromatic carbocycles. The second-order valence-electron chi connectivity index (χ2n) is 6.49. The minimum atomic E-state index is -3.19. The molecule has 1 atom stereocenters. The summed E-state index contributed by atoms with van der Waals surface area (Å²) in [5.41, 5.74) is 2.24. The zero-order valence-corrected chi connectivity index (χ0v) is 15.7. The first-order chi connectivity index (χ1) is 11.9. The summed E-state index contributed by atoms with van der Waals surface area (Å²) in [6.07, 6.45) is 2.97. The van der Waals surface area contributed by atoms with Crippen LogP contribution < -0.4 is 0 Å². The average molecular weight is 377 g/mol. The summed E-state index contributed by atoms with van der Waals surface area (Å²) >= 11 is 1.50. The minimum absolute atomic E-state index is 0.0194. The molecule has 132 valence electrons. The molecular formula is C16H19N5O2S2. The lowest BCUT2D eigenvalue weighted by atomic mass is 9.99. The van der Waals surface area contributed by atoms with Crippen LogP contribution in [0.2, 0.25) is 0 Å². The Morgan fingerprint density at radius 2 is 2.12 bits per heavy atom. The SMILES string of the molecule is Cc1cccc(-c2nn3c(C4CCCN(S(C)(=O)=O)C4)nnc3s2)c1. The van der Waals surface area contributed by atoms with Gasteiger partial charge in [0.1, 0.15) is 5.01 Å². The van der Waals surface area contributed by atoms with E-state index in [0.29, 0.717) is 13.1 Å². The van der Waals surface area contributed by atoms with Crippen LogP contribution in [0.3, 0.4) is 0 Å². The van der Waals surface area contributed by atoms with E-state index in [1.54, 1.807) is 4.52 Å². The van der Waals surface area contributed by atoms with Crippen molar-refractivity contribution in [3.05, 3.63) is 35.7 Å². The summed E-state index contributed by atoms with van der Waals surface area (Å²) in [4.78, 5) is 0.739. The second kappa shape index (κ2) is 6.15. The van der Waals surface area contributed by atoms with E-state index in [9.17, 15) is 8.42 Å². The highest BCUT2D eigenvalue weighted by molar-refractivity contribution is 7.88. The van der Waals surface area contributed by atoms with E-state index in [0.717, 1.165) is 34.2 Å². The number of nitrogens with zero attached hydrogens (tertiary/aromatic N) is 5. The van der Waals surface area contributed by atoms with Crippen LogP contribution in [0.25, 0.3) is 15.5 Å². The van der Waals surface area contributed by atoms with Crippen LogP contribution in [0.15, 0.2) is 24.3 Å². The fourth-order valence-corrected chi connectivity index (χ4v) is 4.99. The van der Waals surface area contributed by atoms with Gasteiger partial charge in [0.25, 0.3) is 0 Å². The lowest BCUT2D eigenvalue weighted by molar-refractivity contribution is 0.309. The van der Waals surface area contributed by atoms with Gasteiger partial charge < -0.3 is 0 Å². The molecule has 0 radical (unpaired) electrons. The van der Waals surface area contributed by atoms with Crippen LogP contribution in [0.5, 0.6) is 0 Å². The Hall–Kier alpha value is -1.84. The third-order valence-electron chi connectivity index (χ3n) is 4.50. The number of aryl methyl sites for hydroxylation is 1. The van der Waals surface area contributed by atoms with Crippen molar-refractivity contribution in [3.8, 4) is 10.6 Å². The van der Waals surface area contributed by atoms with E-state index in [2.05, 4.69) is 34.4 Å². The molecule has 3 aromatic rings. The Kier molecular flexibility index (Phi) is 4.09. The van der Waals surface area contributed by atoms with E-state index >= 15 is 0 Å². The topological polar surface area (TPSA) is 80.5 Å². The molecule has 0 N–H and O–H groups in total. The predicted octanol–water partition coefficient (Wildman–Crippen LogP) is 2.30. The molecule has 0 bridgehead atoms. The molecule has 25 heavy (non-hydrogen) atoms. The summed E-state index contributed by atoms with van der Waals surface area (Å²) in [6.45, 7) is 3.07. The van der Waals surface area contributed by atoms with Gasteiger partial charge in [-0.05, 0) is 25.8 Å². The van der Waals surface area contributed by atoms with Crippen molar-refractivity contribution >= 4 is 26.3 Å². The maximum atomic E-state index is 11.9. The van der Waals surface area contributed by atoms with Gasteiger partial charge in [0.05, 0.1) is 6.26 Å². The van der Waals surface area contributed by atoms with Gasteiger partial charge in [0, 0.05) is 24.6 Å². The normalized spacial score (nSPS) is 19.5. The molecule has 7 nitrogen and oxygen atoms in total. The van der Waals surface area contributed by atoms with Crippen LogP contribution in [-0.4, -0.2) is 51.9 Å². The molecule has 4 rings (SSSR count). The number of hydrogen-bond donors (Lipinski definition) is 0. The molecule has 0 amide bonds. The number of rotatable bonds is 3. The van der Waals surface area contributed by atoms with E-state index in [1.807, 2.05) is 12.1 Å². The Balaban J connectivity index is 1.69. The highest BCUT2D eigenvalue weighted by Crippen LogP contribution is 2.31. The van der Waals surface area contributed by atoms with Crippen LogP contribution in [0.1, 0.15) is 30.1 Å². The molecule has 0 aliphatic carbocycles. The van der Waals surface area contributed by atoms with E-state index in [-0.39, 0.29) is 5.92 Å². The van der Waals surface area contributed by atoms with Gasteiger partial charge in [-0.15, -0.1) is 10.2 Å². The number of sulfonamides is 1. The van der Waals surface area contributed by atoms with Crippen molar-refractivity contribution in [2.75, 3.05) is 19.3 Å². The van der Waals surface area contributed by atoms with Crippen molar-refractivity contribution < 1.29 is 8.42 Å². The lowest BCUT2D eigenvalue weighted by Crippen LogP contribution is -2.38. The molecule has 0 spiro atoms. The first-order valence-electron chi connectivity index (χ1n) is 8.16. The van der Waals surface area contributed by atoms with Crippen molar-refractivity contribution in [2.24, 2.45) is 0 Å². The molecule has 0 saturated carbocycles. The first-order valence-corrected chi connectivity index (χ1v) is 10.8. The van der Waals surface area contributed by atoms with E-state index in [1.165, 1.54) is 27.5 Å². The van der Waals surface area contributed by atoms with Crippen LogP contribution in [-0.2, 0) is 10.0 Å². The Morgan fingerprint density at radius 1 is 1.28 bits per heavy atom. The number of benzene rings is 1. The lowest BCUT2D eigenvalue weighted by Gasteiger charge is -2.29. The van der Waals surface area contributed by atoms with Gasteiger partial charge in [-0.2, -0.15) is 9.61 Å². The monoisotopic (exact) mass is 377 g/mol. The first kappa shape index (κ1) is 16.6. The number of hydrogen-bond acceptors (Lipinski definition) is 6. The second-order valence-corrected chi connectivity index (χ2v) is 9.43. The van der Waals surface area contributed by atoms with Gasteiger partial charge in [0.15, 0.2) is 5.82 Å². The Morgan fingerprint density at radius 3 is 2.88 bits per heavy atom. The molecule has 1 fully saturated rings. The maximum Gasteiger partial charge on any atom is 0.234 e. The summed E-state index contributed by atoms with van der Waals surface area (Å²) in [5.74, 6) is 0.768. The Bertz CT molecular complexity index is 1020. The molecule has 2 aromatic heterocycles. The molecule has 1 aliphatic rings. The number of piperidine rings is 1. The van der Waals surface area contributed by atoms with Gasteiger partial charge in [-0.25, -0.2) is 12.7 Å². The molecular weight excluding hydrogens is 358 g/mol. The molecule has 3 heterocycles. The molecule has 9 heteroatoms. The molecule has 1 aliphatic heterocycles. The summed E-state index contributed by atoms with van der Waals surface area (Å²) in [6, 6.07) is 8.19. The van der Waals surface area contributed by atoms with E-state index < -0.39 is 10.0 Å². The van der Waals surface area contributed by atoms with Crippen molar-refractivity contribution in [1.82, 2.24) is 24.1 Å². The average Bonchev–Trinajstić information content (AvgIpc) is 3.14. The zero-order chi connectivity index (χ0) is 17.6.